The summed E-state index contributed by atoms with van der Waals surface area (Å²) in [6.45, 7) is 4.85. The van der Waals surface area contributed by atoms with Crippen molar-refractivity contribution in [3.05, 3.63) is 23.8 Å². The van der Waals surface area contributed by atoms with Crippen molar-refractivity contribution in [3.8, 4) is 11.5 Å². The predicted molar refractivity (Wildman–Crippen MR) is 60.7 cm³/mol. The van der Waals surface area contributed by atoms with Gasteiger partial charge >= 0.3 is 0 Å². The zero-order valence-electron chi connectivity index (χ0n) is 9.67. The second kappa shape index (κ2) is 3.76. The molecule has 2 aliphatic rings. The van der Waals surface area contributed by atoms with Crippen LogP contribution in [0.4, 0.5) is 0 Å². The van der Waals surface area contributed by atoms with Gasteiger partial charge in [-0.2, -0.15) is 0 Å². The molecule has 1 aromatic carbocycles. The summed E-state index contributed by atoms with van der Waals surface area (Å²) >= 11 is 0. The lowest BCUT2D eigenvalue weighted by atomic mass is 9.97. The Hall–Kier alpha value is -1.18. The van der Waals surface area contributed by atoms with E-state index in [1.165, 1.54) is 18.4 Å². The molecule has 0 saturated heterocycles. The number of ether oxygens (including phenoxy) is 2. The van der Waals surface area contributed by atoms with Crippen LogP contribution in [0.1, 0.15) is 32.3 Å². The molecule has 1 aromatic rings. The van der Waals surface area contributed by atoms with Crippen LogP contribution in [0.2, 0.25) is 0 Å². The van der Waals surface area contributed by atoms with Crippen molar-refractivity contribution >= 4 is 0 Å². The van der Waals surface area contributed by atoms with Crippen molar-refractivity contribution in [1.29, 1.82) is 0 Å². The summed E-state index contributed by atoms with van der Waals surface area (Å²) in [6, 6.07) is 6.04. The van der Waals surface area contributed by atoms with Crippen LogP contribution in [0.5, 0.6) is 11.5 Å². The van der Waals surface area contributed by atoms with Crippen molar-refractivity contribution in [1.82, 2.24) is 0 Å². The molecule has 1 fully saturated rings. The highest BCUT2D eigenvalue weighted by Gasteiger charge is 2.52. The fourth-order valence-corrected chi connectivity index (χ4v) is 2.16. The summed E-state index contributed by atoms with van der Waals surface area (Å²) < 4.78 is 11.0. The summed E-state index contributed by atoms with van der Waals surface area (Å²) in [7, 11) is 1.73. The molecule has 0 bridgehead atoms. The Morgan fingerprint density at radius 3 is 2.60 bits per heavy atom. The second-order valence-corrected chi connectivity index (χ2v) is 3.90. The highest BCUT2D eigenvalue weighted by atomic mass is 16.5. The molecular formula is C13H18O2. The van der Waals surface area contributed by atoms with Crippen LogP contribution in [-0.2, 0) is 5.41 Å². The molecule has 82 valence electrons. The zero-order chi connectivity index (χ0) is 10.9. The molecule has 0 unspecified atom stereocenters. The SMILES string of the molecule is CC.COc1cccc2c1C1(CC1)CO2. The maximum Gasteiger partial charge on any atom is 0.126 e. The Kier molecular flexibility index (Phi) is 2.59. The molecule has 1 heterocycles. The average molecular weight is 206 g/mol. The Morgan fingerprint density at radius 1 is 1.27 bits per heavy atom. The number of rotatable bonds is 1. The van der Waals surface area contributed by atoms with Gasteiger partial charge in [0.25, 0.3) is 0 Å². The molecule has 0 atom stereocenters. The Bertz CT molecular complexity index is 354. The van der Waals surface area contributed by atoms with Gasteiger partial charge < -0.3 is 9.47 Å². The first-order valence-electron chi connectivity index (χ1n) is 5.66. The van der Waals surface area contributed by atoms with E-state index >= 15 is 0 Å². The van der Waals surface area contributed by atoms with Crippen molar-refractivity contribution in [2.75, 3.05) is 13.7 Å². The monoisotopic (exact) mass is 206 g/mol. The van der Waals surface area contributed by atoms with E-state index in [4.69, 9.17) is 9.47 Å². The van der Waals surface area contributed by atoms with E-state index in [2.05, 4.69) is 0 Å². The molecule has 1 saturated carbocycles. The molecule has 15 heavy (non-hydrogen) atoms. The summed E-state index contributed by atoms with van der Waals surface area (Å²) in [4.78, 5) is 0. The minimum absolute atomic E-state index is 0.321. The van der Waals surface area contributed by atoms with Crippen LogP contribution in [0, 0.1) is 0 Å². The van der Waals surface area contributed by atoms with Crippen LogP contribution in [0.25, 0.3) is 0 Å². The molecule has 1 aliphatic heterocycles. The number of fused-ring (bicyclic) bond motifs is 2. The zero-order valence-corrected chi connectivity index (χ0v) is 9.67. The van der Waals surface area contributed by atoms with Crippen molar-refractivity contribution in [2.45, 2.75) is 32.1 Å². The van der Waals surface area contributed by atoms with Gasteiger partial charge in [-0.1, -0.05) is 19.9 Å². The molecule has 1 aliphatic carbocycles. The van der Waals surface area contributed by atoms with Crippen molar-refractivity contribution in [3.63, 3.8) is 0 Å². The first-order valence-corrected chi connectivity index (χ1v) is 5.66. The summed E-state index contributed by atoms with van der Waals surface area (Å²) in [5.41, 5.74) is 1.62. The Balaban J connectivity index is 0.000000404. The Labute approximate surface area is 91.2 Å². The lowest BCUT2D eigenvalue weighted by Crippen LogP contribution is -2.08. The number of hydrogen-bond acceptors (Lipinski definition) is 2. The van der Waals surface area contributed by atoms with E-state index in [9.17, 15) is 0 Å². The summed E-state index contributed by atoms with van der Waals surface area (Å²) in [5, 5.41) is 0. The van der Waals surface area contributed by atoms with Crippen molar-refractivity contribution in [2.24, 2.45) is 0 Å². The van der Waals surface area contributed by atoms with E-state index in [1.807, 2.05) is 32.0 Å². The van der Waals surface area contributed by atoms with Crippen LogP contribution in [0.15, 0.2) is 18.2 Å². The quantitative estimate of drug-likeness (QED) is 0.702. The second-order valence-electron chi connectivity index (χ2n) is 3.90. The molecule has 3 rings (SSSR count). The van der Waals surface area contributed by atoms with Crippen LogP contribution < -0.4 is 9.47 Å². The molecule has 2 nitrogen and oxygen atoms in total. The van der Waals surface area contributed by atoms with E-state index in [1.54, 1.807) is 7.11 Å². The number of methoxy groups -OCH3 is 1. The van der Waals surface area contributed by atoms with Gasteiger partial charge in [0.2, 0.25) is 0 Å². The normalized spacial score (nSPS) is 18.6. The molecule has 1 spiro atoms. The maximum atomic E-state index is 5.64. The van der Waals surface area contributed by atoms with E-state index in [-0.39, 0.29) is 0 Å². The Morgan fingerprint density at radius 2 is 2.00 bits per heavy atom. The van der Waals surface area contributed by atoms with Gasteiger partial charge in [-0.05, 0) is 25.0 Å². The van der Waals surface area contributed by atoms with Gasteiger partial charge in [-0.15, -0.1) is 0 Å². The minimum atomic E-state index is 0.321. The van der Waals surface area contributed by atoms with Gasteiger partial charge in [0.05, 0.1) is 13.7 Å². The summed E-state index contributed by atoms with van der Waals surface area (Å²) in [6.07, 6.45) is 2.50. The van der Waals surface area contributed by atoms with Crippen LogP contribution in [-0.4, -0.2) is 13.7 Å². The van der Waals surface area contributed by atoms with Gasteiger partial charge in [0.1, 0.15) is 11.5 Å². The van der Waals surface area contributed by atoms with Gasteiger partial charge in [-0.3, -0.25) is 0 Å². The van der Waals surface area contributed by atoms with E-state index in [0.29, 0.717) is 5.41 Å². The van der Waals surface area contributed by atoms with Gasteiger partial charge in [0, 0.05) is 11.0 Å². The van der Waals surface area contributed by atoms with E-state index < -0.39 is 0 Å². The smallest absolute Gasteiger partial charge is 0.126 e. The third-order valence-electron chi connectivity index (χ3n) is 3.10. The number of benzene rings is 1. The van der Waals surface area contributed by atoms with Crippen molar-refractivity contribution < 1.29 is 9.47 Å². The first-order chi connectivity index (χ1) is 7.36. The predicted octanol–water partition coefficient (Wildman–Crippen LogP) is 3.15. The fourth-order valence-electron chi connectivity index (χ4n) is 2.16. The molecule has 2 heteroatoms. The topological polar surface area (TPSA) is 18.5 Å². The van der Waals surface area contributed by atoms with Gasteiger partial charge in [0.15, 0.2) is 0 Å². The fraction of sp³-hybridized carbons (Fsp3) is 0.538. The first kappa shape index (κ1) is 10.3. The molecule has 0 radical (unpaired) electrons. The van der Waals surface area contributed by atoms with E-state index in [0.717, 1.165) is 18.1 Å². The van der Waals surface area contributed by atoms with Gasteiger partial charge in [-0.25, -0.2) is 0 Å². The summed E-state index contributed by atoms with van der Waals surface area (Å²) in [5.74, 6) is 2.02. The lowest BCUT2D eigenvalue weighted by Gasteiger charge is -2.09. The highest BCUT2D eigenvalue weighted by Crippen LogP contribution is 2.58. The van der Waals surface area contributed by atoms with Crippen LogP contribution >= 0.6 is 0 Å². The molecular weight excluding hydrogens is 188 g/mol. The number of hydrogen-bond donors (Lipinski definition) is 0. The minimum Gasteiger partial charge on any atom is -0.496 e. The third kappa shape index (κ3) is 1.48. The van der Waals surface area contributed by atoms with Crippen LogP contribution in [0.3, 0.4) is 0 Å². The third-order valence-corrected chi connectivity index (χ3v) is 3.10. The molecule has 0 aromatic heterocycles. The molecule has 0 N–H and O–H groups in total. The molecule has 0 amide bonds. The lowest BCUT2D eigenvalue weighted by molar-refractivity contribution is 0.323. The average Bonchev–Trinajstić information content (AvgIpc) is 2.99. The maximum absolute atomic E-state index is 5.64. The highest BCUT2D eigenvalue weighted by molar-refractivity contribution is 5.55. The standard InChI is InChI=1S/C11H12O2.C2H6/c1-12-8-3-2-4-9-10(8)11(5-6-11)7-13-9;1-2/h2-4H,5-7H2,1H3;1-2H3. The largest absolute Gasteiger partial charge is 0.496 e.